The monoisotopic (exact) mass is 240 g/mol. The van der Waals surface area contributed by atoms with Crippen molar-refractivity contribution in [3.05, 3.63) is 11.6 Å². The molecule has 0 heterocycles. The molecule has 0 atom stereocenters. The quantitative estimate of drug-likeness (QED) is 0.352. The summed E-state index contributed by atoms with van der Waals surface area (Å²) in [5.41, 5.74) is 0.405. The molecular weight excluding hydrogens is 216 g/mol. The largest absolute Gasteiger partial charge is 0.462 e. The molecule has 0 aliphatic rings. The maximum Gasteiger partial charge on any atom is 0.333 e. The molecule has 3 nitrogen and oxygen atoms in total. The predicted molar refractivity (Wildman–Crippen MR) is 68.8 cm³/mol. The van der Waals surface area contributed by atoms with Crippen molar-refractivity contribution >= 4 is 11.8 Å². The van der Waals surface area contributed by atoms with Crippen LogP contribution in [0.4, 0.5) is 0 Å². The van der Waals surface area contributed by atoms with Crippen LogP contribution in [0.3, 0.4) is 0 Å². The number of carbonyl (C=O) groups excluding carboxylic acids is 2. The minimum atomic E-state index is -0.369. The summed E-state index contributed by atoms with van der Waals surface area (Å²) in [4.78, 5) is 22.9. The first-order chi connectivity index (χ1) is 8.11. The summed E-state index contributed by atoms with van der Waals surface area (Å²) >= 11 is 0. The maximum atomic E-state index is 11.5. The lowest BCUT2D eigenvalue weighted by Gasteiger charge is -2.04. The topological polar surface area (TPSA) is 43.4 Å². The number of ether oxygens (including phenoxy) is 1. The second-order valence-electron chi connectivity index (χ2n) is 4.24. The molecule has 0 saturated heterocycles. The molecule has 0 rings (SSSR count). The molecule has 0 aromatic rings. The Hall–Kier alpha value is -1.12. The standard InChI is InChI=1S/C14H24O3/c1-4-6-8-10-17-14(16)12(3)11-13(15)9-7-5-2/h11H,4-10H2,1-3H3/b12-11+. The fourth-order valence-electron chi connectivity index (χ4n) is 1.35. The van der Waals surface area contributed by atoms with Gasteiger partial charge in [-0.3, -0.25) is 4.79 Å². The van der Waals surface area contributed by atoms with Crippen LogP contribution in [0.2, 0.25) is 0 Å². The summed E-state index contributed by atoms with van der Waals surface area (Å²) in [5, 5.41) is 0. The second-order valence-corrected chi connectivity index (χ2v) is 4.24. The Bertz CT molecular complexity index is 267. The van der Waals surface area contributed by atoms with Crippen molar-refractivity contribution in [3.8, 4) is 0 Å². The second kappa shape index (κ2) is 10.1. The van der Waals surface area contributed by atoms with E-state index in [1.165, 1.54) is 6.08 Å². The van der Waals surface area contributed by atoms with E-state index in [0.29, 0.717) is 18.6 Å². The summed E-state index contributed by atoms with van der Waals surface area (Å²) < 4.78 is 5.05. The third-order valence-electron chi connectivity index (χ3n) is 2.46. The zero-order chi connectivity index (χ0) is 13.1. The van der Waals surface area contributed by atoms with E-state index in [4.69, 9.17) is 4.74 Å². The zero-order valence-electron chi connectivity index (χ0n) is 11.3. The molecule has 0 aromatic heterocycles. The van der Waals surface area contributed by atoms with Gasteiger partial charge in [0, 0.05) is 12.0 Å². The summed E-state index contributed by atoms with van der Waals surface area (Å²) in [7, 11) is 0. The number of ketones is 1. The van der Waals surface area contributed by atoms with Crippen LogP contribution in [0.25, 0.3) is 0 Å². The first-order valence-corrected chi connectivity index (χ1v) is 6.50. The van der Waals surface area contributed by atoms with E-state index in [0.717, 1.165) is 32.1 Å². The number of esters is 1. The molecule has 0 aliphatic heterocycles. The third-order valence-corrected chi connectivity index (χ3v) is 2.46. The molecule has 0 N–H and O–H groups in total. The van der Waals surface area contributed by atoms with Crippen molar-refractivity contribution in [2.45, 2.75) is 59.3 Å². The van der Waals surface area contributed by atoms with E-state index in [-0.39, 0.29) is 11.8 Å². The predicted octanol–water partition coefficient (Wildman–Crippen LogP) is 3.43. The number of hydrogen-bond acceptors (Lipinski definition) is 3. The molecule has 0 saturated carbocycles. The highest BCUT2D eigenvalue weighted by molar-refractivity contribution is 5.98. The fraction of sp³-hybridized carbons (Fsp3) is 0.714. The van der Waals surface area contributed by atoms with E-state index in [2.05, 4.69) is 6.92 Å². The smallest absolute Gasteiger partial charge is 0.333 e. The first kappa shape index (κ1) is 15.9. The van der Waals surface area contributed by atoms with Crippen molar-refractivity contribution in [1.82, 2.24) is 0 Å². The van der Waals surface area contributed by atoms with Gasteiger partial charge in [0.1, 0.15) is 0 Å². The Morgan fingerprint density at radius 1 is 1.06 bits per heavy atom. The molecule has 17 heavy (non-hydrogen) atoms. The lowest BCUT2D eigenvalue weighted by molar-refractivity contribution is -0.139. The van der Waals surface area contributed by atoms with Crippen molar-refractivity contribution in [1.29, 1.82) is 0 Å². The van der Waals surface area contributed by atoms with Crippen LogP contribution in [0.5, 0.6) is 0 Å². The average Bonchev–Trinajstić information content (AvgIpc) is 2.31. The van der Waals surface area contributed by atoms with Crippen molar-refractivity contribution < 1.29 is 14.3 Å². The van der Waals surface area contributed by atoms with Gasteiger partial charge in [-0.1, -0.05) is 33.1 Å². The summed E-state index contributed by atoms with van der Waals surface area (Å²) in [6, 6.07) is 0. The molecule has 0 aliphatic carbocycles. The number of allylic oxidation sites excluding steroid dienone is 1. The summed E-state index contributed by atoms with van der Waals surface area (Å²) in [6.45, 7) is 6.21. The molecular formula is C14H24O3. The fourth-order valence-corrected chi connectivity index (χ4v) is 1.35. The number of rotatable bonds is 9. The zero-order valence-corrected chi connectivity index (χ0v) is 11.3. The molecule has 0 amide bonds. The van der Waals surface area contributed by atoms with Gasteiger partial charge in [0.05, 0.1) is 6.61 Å². The van der Waals surface area contributed by atoms with E-state index in [9.17, 15) is 9.59 Å². The number of hydrogen-bond donors (Lipinski definition) is 0. The van der Waals surface area contributed by atoms with E-state index in [1.807, 2.05) is 6.92 Å². The number of carbonyl (C=O) groups is 2. The van der Waals surface area contributed by atoms with Crippen molar-refractivity contribution in [2.24, 2.45) is 0 Å². The van der Waals surface area contributed by atoms with Crippen LogP contribution in [0.15, 0.2) is 11.6 Å². The van der Waals surface area contributed by atoms with Crippen LogP contribution < -0.4 is 0 Å². The van der Waals surface area contributed by atoms with Gasteiger partial charge in [0.25, 0.3) is 0 Å². The minimum absolute atomic E-state index is 0.00913. The van der Waals surface area contributed by atoms with Crippen LogP contribution in [-0.2, 0) is 14.3 Å². The van der Waals surface area contributed by atoms with Gasteiger partial charge in [0.2, 0.25) is 0 Å². The lowest BCUT2D eigenvalue weighted by Crippen LogP contribution is -2.08. The lowest BCUT2D eigenvalue weighted by atomic mass is 10.1. The highest BCUT2D eigenvalue weighted by atomic mass is 16.5. The van der Waals surface area contributed by atoms with Gasteiger partial charge in [-0.15, -0.1) is 0 Å². The van der Waals surface area contributed by atoms with Crippen molar-refractivity contribution in [3.63, 3.8) is 0 Å². The summed E-state index contributed by atoms with van der Waals surface area (Å²) in [5.74, 6) is -0.360. The molecule has 0 bridgehead atoms. The maximum absolute atomic E-state index is 11.5. The van der Waals surface area contributed by atoms with Gasteiger partial charge >= 0.3 is 5.97 Å². The van der Waals surface area contributed by atoms with Crippen LogP contribution in [0, 0.1) is 0 Å². The van der Waals surface area contributed by atoms with Gasteiger partial charge < -0.3 is 4.74 Å². The number of unbranched alkanes of at least 4 members (excludes halogenated alkanes) is 3. The first-order valence-electron chi connectivity index (χ1n) is 6.50. The van der Waals surface area contributed by atoms with Gasteiger partial charge in [-0.05, 0) is 25.8 Å². The van der Waals surface area contributed by atoms with E-state index >= 15 is 0 Å². The minimum Gasteiger partial charge on any atom is -0.462 e. The highest BCUT2D eigenvalue weighted by Gasteiger charge is 2.07. The van der Waals surface area contributed by atoms with Crippen LogP contribution >= 0.6 is 0 Å². The van der Waals surface area contributed by atoms with Crippen LogP contribution in [0.1, 0.15) is 59.3 Å². The Balaban J connectivity index is 3.93. The van der Waals surface area contributed by atoms with Gasteiger partial charge in [-0.2, -0.15) is 0 Å². The molecule has 0 spiro atoms. The SMILES string of the molecule is CCCCCOC(=O)/C(C)=C/C(=O)CCCC. The molecule has 98 valence electrons. The Kier molecular flexibility index (Phi) is 9.40. The van der Waals surface area contributed by atoms with Crippen LogP contribution in [-0.4, -0.2) is 18.4 Å². The van der Waals surface area contributed by atoms with E-state index in [1.54, 1.807) is 6.92 Å². The van der Waals surface area contributed by atoms with E-state index < -0.39 is 0 Å². The molecule has 0 aromatic carbocycles. The Morgan fingerprint density at radius 3 is 2.29 bits per heavy atom. The van der Waals surface area contributed by atoms with Gasteiger partial charge in [0.15, 0.2) is 5.78 Å². The van der Waals surface area contributed by atoms with Crippen molar-refractivity contribution in [2.75, 3.05) is 6.61 Å². The molecule has 3 heteroatoms. The average molecular weight is 240 g/mol. The molecule has 0 radical (unpaired) electrons. The van der Waals surface area contributed by atoms with Gasteiger partial charge in [-0.25, -0.2) is 4.79 Å². The molecule has 0 fully saturated rings. The Morgan fingerprint density at radius 2 is 1.71 bits per heavy atom. The Labute approximate surface area is 104 Å². The highest BCUT2D eigenvalue weighted by Crippen LogP contribution is 2.03. The third kappa shape index (κ3) is 8.66. The molecule has 0 unspecified atom stereocenters. The summed E-state index contributed by atoms with van der Waals surface area (Å²) in [6.07, 6.45) is 6.82. The normalized spacial score (nSPS) is 11.4.